The molecule has 3 N–H and O–H groups in total. The van der Waals surface area contributed by atoms with Crippen LogP contribution in [0.2, 0.25) is 0 Å². The zero-order valence-electron chi connectivity index (χ0n) is 9.61. The molecule has 2 rings (SSSR count). The average Bonchev–Trinajstić information content (AvgIpc) is 2.85. The second kappa shape index (κ2) is 5.66. The number of halogens is 1. The monoisotopic (exact) mass is 314 g/mol. The number of H-pyrrole nitrogens is 1. The van der Waals surface area contributed by atoms with Crippen molar-refractivity contribution in [2.45, 2.75) is 13.0 Å². The van der Waals surface area contributed by atoms with Gasteiger partial charge in [0, 0.05) is 33.9 Å². The van der Waals surface area contributed by atoms with Gasteiger partial charge >= 0.3 is 0 Å². The summed E-state index contributed by atoms with van der Waals surface area (Å²) in [6, 6.07) is 4.05. The first-order valence-electron chi connectivity index (χ1n) is 5.34. The number of hydrogen-bond acceptors (Lipinski definition) is 4. The van der Waals surface area contributed by atoms with E-state index in [0.717, 1.165) is 25.2 Å². The Labute approximate surface area is 113 Å². The SMILES string of the molecule is CN(CCc1cc(Br)cs1)Cc1cc(N)n[nH]1. The molecule has 0 bridgehead atoms. The molecule has 0 saturated heterocycles. The molecule has 0 aromatic carbocycles. The normalized spacial score (nSPS) is 11.2. The molecule has 0 aliphatic carbocycles. The van der Waals surface area contributed by atoms with Crippen LogP contribution in [0.25, 0.3) is 0 Å². The van der Waals surface area contributed by atoms with E-state index in [1.165, 1.54) is 9.35 Å². The molecule has 6 heteroatoms. The van der Waals surface area contributed by atoms with Gasteiger partial charge in [-0.15, -0.1) is 11.3 Å². The fourth-order valence-electron chi connectivity index (χ4n) is 1.62. The number of nitrogens with one attached hydrogen (secondary N) is 1. The lowest BCUT2D eigenvalue weighted by molar-refractivity contribution is 0.328. The summed E-state index contributed by atoms with van der Waals surface area (Å²) in [6.07, 6.45) is 1.07. The second-order valence-electron chi connectivity index (χ2n) is 4.04. The first-order valence-corrected chi connectivity index (χ1v) is 7.02. The van der Waals surface area contributed by atoms with Gasteiger partial charge in [-0.2, -0.15) is 5.10 Å². The smallest absolute Gasteiger partial charge is 0.145 e. The molecule has 0 fully saturated rings. The van der Waals surface area contributed by atoms with Gasteiger partial charge in [-0.05, 0) is 35.5 Å². The highest BCUT2D eigenvalue weighted by molar-refractivity contribution is 9.10. The summed E-state index contributed by atoms with van der Waals surface area (Å²) in [5.41, 5.74) is 6.61. The van der Waals surface area contributed by atoms with E-state index in [9.17, 15) is 0 Å². The van der Waals surface area contributed by atoms with Gasteiger partial charge in [-0.3, -0.25) is 5.10 Å². The molecule has 2 aromatic rings. The Balaban J connectivity index is 1.79. The highest BCUT2D eigenvalue weighted by Crippen LogP contribution is 2.20. The van der Waals surface area contributed by atoms with Crippen LogP contribution in [-0.2, 0) is 13.0 Å². The van der Waals surface area contributed by atoms with E-state index in [0.29, 0.717) is 5.82 Å². The number of hydrogen-bond donors (Lipinski definition) is 2. The van der Waals surface area contributed by atoms with Crippen molar-refractivity contribution in [3.63, 3.8) is 0 Å². The van der Waals surface area contributed by atoms with Gasteiger partial charge in [-0.1, -0.05) is 0 Å². The molecule has 0 spiro atoms. The van der Waals surface area contributed by atoms with E-state index in [2.05, 4.69) is 49.5 Å². The Kier molecular flexibility index (Phi) is 4.20. The van der Waals surface area contributed by atoms with Crippen molar-refractivity contribution in [2.24, 2.45) is 0 Å². The number of thiophene rings is 1. The fourth-order valence-corrected chi connectivity index (χ4v) is 3.06. The van der Waals surface area contributed by atoms with E-state index in [1.54, 1.807) is 11.3 Å². The predicted octanol–water partition coefficient (Wildman–Crippen LogP) is 2.49. The van der Waals surface area contributed by atoms with Crippen LogP contribution >= 0.6 is 27.3 Å². The van der Waals surface area contributed by atoms with Gasteiger partial charge < -0.3 is 10.6 Å². The van der Waals surface area contributed by atoms with Crippen LogP contribution in [0.1, 0.15) is 10.6 Å². The van der Waals surface area contributed by atoms with Crippen molar-refractivity contribution in [3.8, 4) is 0 Å². The van der Waals surface area contributed by atoms with Crippen LogP contribution < -0.4 is 5.73 Å². The molecule has 0 saturated carbocycles. The standard InChI is InChI=1S/C11H15BrN4S/c1-16(6-9-5-11(13)15-14-9)3-2-10-4-8(12)7-17-10/h4-5,7H,2-3,6H2,1H3,(H3,13,14,15). The first kappa shape index (κ1) is 12.6. The largest absolute Gasteiger partial charge is 0.382 e. The maximum absolute atomic E-state index is 5.56. The maximum atomic E-state index is 5.56. The quantitative estimate of drug-likeness (QED) is 0.891. The van der Waals surface area contributed by atoms with Crippen molar-refractivity contribution in [3.05, 3.63) is 32.6 Å². The first-order chi connectivity index (χ1) is 8.13. The Morgan fingerprint density at radius 2 is 2.35 bits per heavy atom. The molecular formula is C11H15BrN4S. The summed E-state index contributed by atoms with van der Waals surface area (Å²) in [6.45, 7) is 1.86. The Morgan fingerprint density at radius 1 is 1.53 bits per heavy atom. The fraction of sp³-hybridized carbons (Fsp3) is 0.364. The highest BCUT2D eigenvalue weighted by atomic mass is 79.9. The Morgan fingerprint density at radius 3 is 2.94 bits per heavy atom. The zero-order valence-corrected chi connectivity index (χ0v) is 12.0. The van der Waals surface area contributed by atoms with Crippen LogP contribution in [0.4, 0.5) is 5.82 Å². The number of aromatic nitrogens is 2. The molecule has 2 heterocycles. The summed E-state index contributed by atoms with van der Waals surface area (Å²) in [4.78, 5) is 3.65. The molecule has 0 aliphatic heterocycles. The molecule has 4 nitrogen and oxygen atoms in total. The van der Waals surface area contributed by atoms with Crippen molar-refractivity contribution >= 4 is 33.1 Å². The number of anilines is 1. The maximum Gasteiger partial charge on any atom is 0.145 e. The van der Waals surface area contributed by atoms with Crippen LogP contribution in [0, 0.1) is 0 Å². The molecule has 92 valence electrons. The van der Waals surface area contributed by atoms with Crippen molar-refractivity contribution < 1.29 is 0 Å². The van der Waals surface area contributed by atoms with E-state index in [4.69, 9.17) is 5.73 Å². The summed E-state index contributed by atoms with van der Waals surface area (Å²) < 4.78 is 1.17. The van der Waals surface area contributed by atoms with Crippen LogP contribution in [0.3, 0.4) is 0 Å². The molecule has 0 unspecified atom stereocenters. The van der Waals surface area contributed by atoms with Gasteiger partial charge in [0.05, 0.1) is 5.69 Å². The number of nitrogens with zero attached hydrogens (tertiary/aromatic N) is 2. The number of rotatable bonds is 5. The summed E-state index contributed by atoms with van der Waals surface area (Å²) in [5, 5.41) is 8.95. The third kappa shape index (κ3) is 3.83. The van der Waals surface area contributed by atoms with E-state index >= 15 is 0 Å². The number of nitrogens with two attached hydrogens (primary N) is 1. The van der Waals surface area contributed by atoms with Crippen molar-refractivity contribution in [2.75, 3.05) is 19.3 Å². The highest BCUT2D eigenvalue weighted by Gasteiger charge is 2.04. The van der Waals surface area contributed by atoms with Crippen LogP contribution in [0.15, 0.2) is 22.0 Å². The lowest BCUT2D eigenvalue weighted by Gasteiger charge is -2.14. The molecule has 0 atom stereocenters. The van der Waals surface area contributed by atoms with Gasteiger partial charge in [0.15, 0.2) is 0 Å². The molecule has 17 heavy (non-hydrogen) atoms. The topological polar surface area (TPSA) is 57.9 Å². The van der Waals surface area contributed by atoms with Crippen molar-refractivity contribution in [1.29, 1.82) is 0 Å². The van der Waals surface area contributed by atoms with E-state index < -0.39 is 0 Å². The predicted molar refractivity (Wildman–Crippen MR) is 75.1 cm³/mol. The molecule has 0 radical (unpaired) electrons. The third-order valence-corrected chi connectivity index (χ3v) is 4.21. The van der Waals surface area contributed by atoms with E-state index in [-0.39, 0.29) is 0 Å². The number of likely N-dealkylation sites (N-methyl/N-ethyl adjacent to an activating group) is 1. The number of aromatic amines is 1. The summed E-state index contributed by atoms with van der Waals surface area (Å²) in [7, 11) is 2.10. The van der Waals surface area contributed by atoms with E-state index in [1.807, 2.05) is 6.07 Å². The second-order valence-corrected chi connectivity index (χ2v) is 5.95. The number of nitrogen functional groups attached to an aromatic ring is 1. The molecule has 0 aliphatic rings. The lowest BCUT2D eigenvalue weighted by atomic mass is 10.3. The Bertz CT molecular complexity index is 479. The third-order valence-electron chi connectivity index (χ3n) is 2.45. The summed E-state index contributed by atoms with van der Waals surface area (Å²) >= 11 is 5.25. The molecular weight excluding hydrogens is 300 g/mol. The zero-order chi connectivity index (χ0) is 12.3. The van der Waals surface area contributed by atoms with Crippen LogP contribution in [0.5, 0.6) is 0 Å². The average molecular weight is 315 g/mol. The van der Waals surface area contributed by atoms with Gasteiger partial charge in [-0.25, -0.2) is 0 Å². The molecule has 2 aromatic heterocycles. The Hall–Kier alpha value is -0.850. The van der Waals surface area contributed by atoms with Gasteiger partial charge in [0.2, 0.25) is 0 Å². The minimum absolute atomic E-state index is 0.551. The lowest BCUT2D eigenvalue weighted by Crippen LogP contribution is -2.20. The van der Waals surface area contributed by atoms with Gasteiger partial charge in [0.25, 0.3) is 0 Å². The van der Waals surface area contributed by atoms with Crippen molar-refractivity contribution in [1.82, 2.24) is 15.1 Å². The minimum Gasteiger partial charge on any atom is -0.382 e. The minimum atomic E-state index is 0.551. The summed E-state index contributed by atoms with van der Waals surface area (Å²) in [5.74, 6) is 0.551. The van der Waals surface area contributed by atoms with Crippen LogP contribution in [-0.4, -0.2) is 28.7 Å². The van der Waals surface area contributed by atoms with Gasteiger partial charge in [0.1, 0.15) is 5.82 Å². The molecule has 0 amide bonds.